The number of carbonyl (C=O) groups is 3. The molecule has 0 rings (SSSR count). The molecule has 0 aliphatic heterocycles. The van der Waals surface area contributed by atoms with E-state index >= 15 is 0 Å². The van der Waals surface area contributed by atoms with Crippen molar-refractivity contribution in [3.63, 3.8) is 0 Å². The largest absolute Gasteiger partial charge is 0.477 e. The summed E-state index contributed by atoms with van der Waals surface area (Å²) in [6, 6.07) is 0. The number of aliphatic carboxylic acids is 1. The molecule has 0 fully saturated rings. The van der Waals surface area contributed by atoms with Crippen LogP contribution in [0, 0.1) is 0 Å². The monoisotopic (exact) mass is 1370 g/mol. The third-order valence-electron chi connectivity index (χ3n) is 15.7. The number of esters is 2. The van der Waals surface area contributed by atoms with Crippen molar-refractivity contribution in [3.05, 3.63) is 219 Å². The Hall–Kier alpha value is -6.39. The first-order chi connectivity index (χ1) is 48.6. The number of carboxylic acid groups (broad SMARTS) is 1. The summed E-state index contributed by atoms with van der Waals surface area (Å²) in [5, 5.41) is 9.77. The minimum absolute atomic E-state index is 0.172. The quantitative estimate of drug-likeness (QED) is 0.0211. The third kappa shape index (κ3) is 78.8. The van der Waals surface area contributed by atoms with Crippen LogP contribution in [0.25, 0.3) is 0 Å². The van der Waals surface area contributed by atoms with Gasteiger partial charge in [-0.2, -0.15) is 0 Å². The van der Waals surface area contributed by atoms with Crippen LogP contribution >= 0.6 is 0 Å². The molecule has 1 N–H and O–H groups in total. The number of quaternary nitrogens is 1. The standard InChI is InChI=1S/C90H141NO8/c1-6-8-10-12-14-16-18-20-22-24-26-28-30-32-34-36-38-40-42-43-44-45-47-49-51-53-55-57-59-61-63-65-67-69-71-73-75-77-79-81-88(93)99-86(85-98-90(89(94)95)96-83-82-91(3,4)5)84-97-87(92)80-78-76-74-72-70-68-66-64-62-60-58-56-54-52-50-48-46-41-39-37-35-33-31-29-27-25-23-21-19-17-15-13-11-9-7-2/h8-11,14-17,20-23,26-29,32-35,38-41,43-44,47-50,53,55,59,61,65,67,86,90H,6-7,12-13,18-19,24-25,30-31,36-37,42,45-46,51-52,54,56-58,60,62-64,66,68-85H2,1-5H3/p+1/b10-8-,11-9-,16-14-,17-15-,22-20-,23-21-,28-26-,29-27-,34-32-,35-33-,40-38-,41-39-,44-43-,49-47-,50-48-,55-53-,61-59-,67-65-. The molecule has 0 aliphatic rings. The molecule has 0 heterocycles. The second-order valence-corrected chi connectivity index (χ2v) is 26.2. The zero-order valence-corrected chi connectivity index (χ0v) is 63.3. The number of unbranched alkanes of at least 4 members (excludes halogenated alkanes) is 18. The Balaban J connectivity index is 4.20. The van der Waals surface area contributed by atoms with Gasteiger partial charge in [0.15, 0.2) is 6.10 Å². The van der Waals surface area contributed by atoms with E-state index in [2.05, 4.69) is 233 Å². The molecule has 0 aliphatic carbocycles. The van der Waals surface area contributed by atoms with Crippen molar-refractivity contribution in [2.75, 3.05) is 47.5 Å². The molecule has 0 radical (unpaired) electrons. The van der Waals surface area contributed by atoms with Gasteiger partial charge >= 0.3 is 17.9 Å². The van der Waals surface area contributed by atoms with Crippen LogP contribution in [0.2, 0.25) is 0 Å². The van der Waals surface area contributed by atoms with Crippen molar-refractivity contribution in [1.82, 2.24) is 0 Å². The average Bonchev–Trinajstić information content (AvgIpc) is 1.14. The van der Waals surface area contributed by atoms with Crippen molar-refractivity contribution < 1.29 is 42.9 Å². The molecule has 0 aromatic rings. The lowest BCUT2D eigenvalue weighted by molar-refractivity contribution is -0.870. The van der Waals surface area contributed by atoms with Gasteiger partial charge in [0.1, 0.15) is 13.2 Å². The van der Waals surface area contributed by atoms with Crippen molar-refractivity contribution in [3.8, 4) is 0 Å². The third-order valence-corrected chi connectivity index (χ3v) is 15.7. The zero-order valence-electron chi connectivity index (χ0n) is 63.3. The molecule has 2 atom stereocenters. The first-order valence-electron chi connectivity index (χ1n) is 38.9. The average molecular weight is 1370 g/mol. The summed E-state index contributed by atoms with van der Waals surface area (Å²) in [4.78, 5) is 37.7. The molecule has 9 nitrogen and oxygen atoms in total. The molecule has 0 spiro atoms. The molecule has 554 valence electrons. The van der Waals surface area contributed by atoms with Crippen molar-refractivity contribution >= 4 is 17.9 Å². The van der Waals surface area contributed by atoms with E-state index in [0.717, 1.165) is 167 Å². The summed E-state index contributed by atoms with van der Waals surface area (Å²) in [5.41, 5.74) is 0. The first kappa shape index (κ1) is 92.6. The summed E-state index contributed by atoms with van der Waals surface area (Å²) in [7, 11) is 5.96. The van der Waals surface area contributed by atoms with E-state index in [1.54, 1.807) is 0 Å². The van der Waals surface area contributed by atoms with Gasteiger partial charge < -0.3 is 28.5 Å². The van der Waals surface area contributed by atoms with Crippen LogP contribution in [-0.4, -0.2) is 87.4 Å². The Morgan fingerprint density at radius 2 is 0.545 bits per heavy atom. The molecule has 0 amide bonds. The maximum Gasteiger partial charge on any atom is 0.361 e. The second-order valence-electron chi connectivity index (χ2n) is 26.2. The van der Waals surface area contributed by atoms with Gasteiger partial charge in [0, 0.05) is 12.8 Å². The molecule has 0 aromatic carbocycles. The highest BCUT2D eigenvalue weighted by atomic mass is 16.7. The van der Waals surface area contributed by atoms with Crippen molar-refractivity contribution in [2.45, 2.75) is 283 Å². The number of carbonyl (C=O) groups excluding carboxylic acids is 2. The minimum Gasteiger partial charge on any atom is -0.477 e. The normalized spacial score (nSPS) is 13.9. The Labute approximate surface area is 607 Å². The van der Waals surface area contributed by atoms with E-state index in [9.17, 15) is 19.5 Å². The van der Waals surface area contributed by atoms with Crippen LogP contribution in [0.5, 0.6) is 0 Å². The maximum atomic E-state index is 13.0. The Morgan fingerprint density at radius 3 is 0.808 bits per heavy atom. The van der Waals surface area contributed by atoms with Gasteiger partial charge in [-0.3, -0.25) is 9.59 Å². The van der Waals surface area contributed by atoms with Crippen LogP contribution in [0.1, 0.15) is 271 Å². The Kier molecular flexibility index (Phi) is 72.4. The molecular formula is C90H142NO8+. The number of ether oxygens (including phenoxy) is 4. The fraction of sp³-hybridized carbons (Fsp3) is 0.567. The lowest BCUT2D eigenvalue weighted by Crippen LogP contribution is -2.40. The maximum absolute atomic E-state index is 13.0. The van der Waals surface area contributed by atoms with E-state index in [1.165, 1.54) is 70.6 Å². The van der Waals surface area contributed by atoms with E-state index in [1.807, 2.05) is 21.1 Å². The highest BCUT2D eigenvalue weighted by Crippen LogP contribution is 2.16. The van der Waals surface area contributed by atoms with Crippen LogP contribution in [0.4, 0.5) is 0 Å². The van der Waals surface area contributed by atoms with E-state index in [4.69, 9.17) is 18.9 Å². The summed E-state index contributed by atoms with van der Waals surface area (Å²) in [5.74, 6) is -2.05. The number of nitrogens with zero attached hydrogens (tertiary/aromatic N) is 1. The fourth-order valence-corrected chi connectivity index (χ4v) is 9.88. The molecule has 99 heavy (non-hydrogen) atoms. The highest BCUT2D eigenvalue weighted by molar-refractivity contribution is 5.71. The highest BCUT2D eigenvalue weighted by Gasteiger charge is 2.25. The number of hydrogen-bond acceptors (Lipinski definition) is 7. The predicted molar refractivity (Wildman–Crippen MR) is 428 cm³/mol. The molecule has 0 aromatic heterocycles. The minimum atomic E-state index is -1.53. The molecule has 0 saturated carbocycles. The molecular weight excluding hydrogens is 1220 g/mol. The smallest absolute Gasteiger partial charge is 0.361 e. The number of rotatable bonds is 69. The van der Waals surface area contributed by atoms with Gasteiger partial charge in [0.25, 0.3) is 6.29 Å². The summed E-state index contributed by atoms with van der Waals surface area (Å²) >= 11 is 0. The van der Waals surface area contributed by atoms with Crippen LogP contribution in [-0.2, 0) is 33.3 Å². The summed E-state index contributed by atoms with van der Waals surface area (Å²) in [6.07, 6.45) is 119. The van der Waals surface area contributed by atoms with Gasteiger partial charge in [0.05, 0.1) is 34.4 Å². The number of likely N-dealkylation sites (N-methyl/N-ethyl adjacent to an activating group) is 1. The van der Waals surface area contributed by atoms with Crippen LogP contribution in [0.15, 0.2) is 219 Å². The topological polar surface area (TPSA) is 108 Å². The van der Waals surface area contributed by atoms with Crippen molar-refractivity contribution in [2.24, 2.45) is 0 Å². The summed E-state index contributed by atoms with van der Waals surface area (Å²) in [6.45, 7) is 4.61. The summed E-state index contributed by atoms with van der Waals surface area (Å²) < 4.78 is 23.0. The van der Waals surface area contributed by atoms with Crippen LogP contribution in [0.3, 0.4) is 0 Å². The van der Waals surface area contributed by atoms with Gasteiger partial charge in [-0.05, 0) is 154 Å². The second kappa shape index (κ2) is 77.3. The Morgan fingerprint density at radius 1 is 0.303 bits per heavy atom. The lowest BCUT2D eigenvalue weighted by Gasteiger charge is -2.25. The number of carboxylic acids is 1. The molecule has 9 heteroatoms. The van der Waals surface area contributed by atoms with Gasteiger partial charge in [0.2, 0.25) is 0 Å². The van der Waals surface area contributed by atoms with E-state index < -0.39 is 24.3 Å². The predicted octanol–water partition coefficient (Wildman–Crippen LogP) is 25.2. The molecule has 2 unspecified atom stereocenters. The first-order valence-corrected chi connectivity index (χ1v) is 38.9. The SMILES string of the molecule is CC/C=C\C/C=C\C/C=C\C/C=C\C/C=C\C/C=C\C/C=C\C/C=C\C/C=C\C/C=C\C/C=C\CCCCCCCC(=O)OC(COC(=O)CCCCCCCCCCCCCCC/C=C\C/C=C\C/C=C\C/C=C\C/C=C\C/C=C\C/C=C\CC)COC(OCC[N+](C)(C)C)C(=O)O. The van der Waals surface area contributed by atoms with E-state index in [0.29, 0.717) is 17.4 Å². The fourth-order valence-electron chi connectivity index (χ4n) is 9.88. The van der Waals surface area contributed by atoms with Crippen LogP contribution < -0.4 is 0 Å². The number of allylic oxidation sites excluding steroid dienone is 36. The Bertz CT molecular complexity index is 2440. The lowest BCUT2D eigenvalue weighted by atomic mass is 10.0. The van der Waals surface area contributed by atoms with Gasteiger partial charge in [-0.15, -0.1) is 0 Å². The molecule has 0 bridgehead atoms. The van der Waals surface area contributed by atoms with Crippen molar-refractivity contribution in [1.29, 1.82) is 0 Å². The molecule has 0 saturated heterocycles. The number of hydrogen-bond donors (Lipinski definition) is 1. The zero-order chi connectivity index (χ0) is 71.8. The van der Waals surface area contributed by atoms with Gasteiger partial charge in [-0.1, -0.05) is 322 Å². The van der Waals surface area contributed by atoms with Gasteiger partial charge in [-0.25, -0.2) is 4.79 Å². The van der Waals surface area contributed by atoms with E-state index in [-0.39, 0.29) is 38.6 Å².